The normalized spacial score (nSPS) is 15.0. The fourth-order valence-electron chi connectivity index (χ4n) is 5.17. The van der Waals surface area contributed by atoms with E-state index in [0.29, 0.717) is 55.2 Å². The van der Waals surface area contributed by atoms with Crippen LogP contribution in [0.15, 0.2) is 24.3 Å². The van der Waals surface area contributed by atoms with Crippen LogP contribution in [0.25, 0.3) is 0 Å². The lowest BCUT2D eigenvalue weighted by Gasteiger charge is -2.35. The molecule has 2 aromatic heterocycles. The Morgan fingerprint density at radius 3 is 2.49 bits per heavy atom. The van der Waals surface area contributed by atoms with Gasteiger partial charge in [-0.05, 0) is 44.4 Å². The van der Waals surface area contributed by atoms with E-state index in [9.17, 15) is 19.8 Å². The number of hydrogen-bond donors (Lipinski definition) is 3. The number of nitrogens with zero attached hydrogens (tertiary/aromatic N) is 6. The summed E-state index contributed by atoms with van der Waals surface area (Å²) in [6.45, 7) is 8.45. The number of benzene rings is 1. The van der Waals surface area contributed by atoms with Crippen molar-refractivity contribution in [3.8, 4) is 0 Å². The first-order chi connectivity index (χ1) is 19.9. The molecule has 1 fully saturated rings. The zero-order valence-electron chi connectivity index (χ0n) is 23.3. The van der Waals surface area contributed by atoms with Crippen LogP contribution in [-0.4, -0.2) is 94.5 Å². The molecule has 1 saturated heterocycles. The van der Waals surface area contributed by atoms with Gasteiger partial charge in [-0.3, -0.25) is 10.1 Å². The van der Waals surface area contributed by atoms with Gasteiger partial charge in [0.05, 0.1) is 25.5 Å². The number of rotatable bonds is 10. The highest BCUT2D eigenvalue weighted by Gasteiger charge is 2.28. The summed E-state index contributed by atoms with van der Waals surface area (Å²) >= 11 is 1.06. The van der Waals surface area contributed by atoms with Crippen molar-refractivity contribution in [2.45, 2.75) is 33.2 Å². The Kier molecular flexibility index (Phi) is 8.96. The maximum Gasteiger partial charge on any atom is 0.347 e. The highest BCUT2D eigenvalue weighted by atomic mass is 32.1. The molecule has 41 heavy (non-hydrogen) atoms. The van der Waals surface area contributed by atoms with Gasteiger partial charge in [-0.2, -0.15) is 9.97 Å². The number of aryl methyl sites for hydroxylation is 1. The maximum absolute atomic E-state index is 12.8. The summed E-state index contributed by atoms with van der Waals surface area (Å²) in [5.41, 5.74) is 3.16. The fraction of sp³-hybridized carbons (Fsp3) is 0.464. The molecule has 1 aromatic carbocycles. The minimum atomic E-state index is -1.01. The first kappa shape index (κ1) is 28.7. The number of aromatic nitrogens is 3. The average Bonchev–Trinajstić information content (AvgIpc) is 3.36. The van der Waals surface area contributed by atoms with E-state index in [-0.39, 0.29) is 17.4 Å². The predicted octanol–water partition coefficient (Wildman–Crippen LogP) is 2.93. The molecule has 3 N–H and O–H groups in total. The smallest absolute Gasteiger partial charge is 0.347 e. The zero-order chi connectivity index (χ0) is 28.9. The van der Waals surface area contributed by atoms with E-state index in [2.05, 4.69) is 20.1 Å². The van der Waals surface area contributed by atoms with Crippen molar-refractivity contribution in [2.24, 2.45) is 0 Å². The molecule has 0 radical (unpaired) electrons. The summed E-state index contributed by atoms with van der Waals surface area (Å²) in [5.74, 6) is 0.956. The van der Waals surface area contributed by atoms with Gasteiger partial charge in [-0.1, -0.05) is 23.5 Å². The number of amides is 1. The lowest BCUT2D eigenvalue weighted by molar-refractivity contribution is 0.0699. The van der Waals surface area contributed by atoms with Crippen LogP contribution in [0.4, 0.5) is 22.7 Å². The second-order valence-corrected chi connectivity index (χ2v) is 11.0. The average molecular weight is 582 g/mol. The fourth-order valence-corrected chi connectivity index (χ4v) is 5.97. The minimum absolute atomic E-state index is 0.0694. The zero-order valence-corrected chi connectivity index (χ0v) is 24.1. The number of carbonyl (C=O) groups is 2. The van der Waals surface area contributed by atoms with Crippen LogP contribution in [0.2, 0.25) is 0 Å². The van der Waals surface area contributed by atoms with E-state index >= 15 is 0 Å². The van der Waals surface area contributed by atoms with Crippen LogP contribution in [0.1, 0.15) is 50.2 Å². The van der Waals surface area contributed by atoms with Crippen LogP contribution in [-0.2, 0) is 17.7 Å². The highest BCUT2D eigenvalue weighted by Crippen LogP contribution is 2.36. The molecular formula is C28H35N7O5S. The predicted molar refractivity (Wildman–Crippen MR) is 157 cm³/mol. The Morgan fingerprint density at radius 2 is 1.83 bits per heavy atom. The molecule has 2 aliphatic rings. The number of likely N-dealkylation sites (N-methyl/N-ethyl adjacent to an activating group) is 1. The molecular weight excluding hydrogens is 546 g/mol. The molecule has 3 aromatic rings. The third-order valence-corrected chi connectivity index (χ3v) is 8.31. The maximum atomic E-state index is 12.8. The Labute approximate surface area is 242 Å². The first-order valence-corrected chi connectivity index (χ1v) is 14.6. The summed E-state index contributed by atoms with van der Waals surface area (Å²) in [5, 5.41) is 22.3. The number of morpholine rings is 1. The van der Waals surface area contributed by atoms with Gasteiger partial charge in [0.15, 0.2) is 5.13 Å². The molecule has 1 amide bonds. The van der Waals surface area contributed by atoms with Crippen molar-refractivity contribution >= 4 is 45.9 Å². The quantitative estimate of drug-likeness (QED) is 0.325. The van der Waals surface area contributed by atoms with Gasteiger partial charge in [-0.15, -0.1) is 0 Å². The van der Waals surface area contributed by atoms with E-state index in [4.69, 9.17) is 14.7 Å². The summed E-state index contributed by atoms with van der Waals surface area (Å²) < 4.78 is 5.58. The van der Waals surface area contributed by atoms with Crippen molar-refractivity contribution in [2.75, 3.05) is 67.7 Å². The van der Waals surface area contributed by atoms with Crippen molar-refractivity contribution in [1.82, 2.24) is 19.9 Å². The third kappa shape index (κ3) is 6.42. The number of hydrogen-bond acceptors (Lipinski definition) is 11. The SMILES string of the molecule is CCN(CCO)C(=O)c1ccc(CN2CCCc3c(N4CCOCC4)nc(Nc4nc(C)c(C(=O)O)s4)nc32)cc1. The third-order valence-electron chi connectivity index (χ3n) is 7.25. The van der Waals surface area contributed by atoms with Gasteiger partial charge < -0.3 is 29.6 Å². The summed E-state index contributed by atoms with van der Waals surface area (Å²) in [4.78, 5) is 44.8. The van der Waals surface area contributed by atoms with Crippen LogP contribution in [0.3, 0.4) is 0 Å². The molecule has 0 unspecified atom stereocenters. The lowest BCUT2D eigenvalue weighted by Crippen LogP contribution is -2.39. The number of fused-ring (bicyclic) bond motifs is 1. The number of aliphatic hydroxyl groups excluding tert-OH is 1. The van der Waals surface area contributed by atoms with Crippen molar-refractivity contribution in [3.05, 3.63) is 51.5 Å². The Morgan fingerprint density at radius 1 is 1.10 bits per heavy atom. The summed E-state index contributed by atoms with van der Waals surface area (Å²) in [6.07, 6.45) is 1.81. The molecule has 218 valence electrons. The number of carbonyl (C=O) groups excluding carboxylic acids is 1. The molecule has 0 spiro atoms. The second kappa shape index (κ2) is 12.8. The van der Waals surface area contributed by atoms with Gasteiger partial charge in [-0.25, -0.2) is 9.78 Å². The molecule has 0 saturated carbocycles. The van der Waals surface area contributed by atoms with E-state index in [1.165, 1.54) is 0 Å². The van der Waals surface area contributed by atoms with Gasteiger partial charge in [0.25, 0.3) is 5.91 Å². The Bertz CT molecular complexity index is 1390. The number of nitrogens with one attached hydrogen (secondary N) is 1. The number of anilines is 4. The number of ether oxygens (including phenoxy) is 1. The Hall–Kier alpha value is -3.81. The number of carboxylic acids is 1. The molecule has 13 heteroatoms. The molecule has 0 bridgehead atoms. The largest absolute Gasteiger partial charge is 0.477 e. The highest BCUT2D eigenvalue weighted by molar-refractivity contribution is 7.17. The van der Waals surface area contributed by atoms with E-state index in [0.717, 1.165) is 66.6 Å². The lowest BCUT2D eigenvalue weighted by atomic mass is 10.0. The van der Waals surface area contributed by atoms with Gasteiger partial charge >= 0.3 is 5.97 Å². The monoisotopic (exact) mass is 581 g/mol. The minimum Gasteiger partial charge on any atom is -0.477 e. The van der Waals surface area contributed by atoms with Crippen LogP contribution >= 0.6 is 11.3 Å². The molecule has 4 heterocycles. The first-order valence-electron chi connectivity index (χ1n) is 13.8. The Balaban J connectivity index is 1.43. The van der Waals surface area contributed by atoms with Gasteiger partial charge in [0.1, 0.15) is 16.5 Å². The number of aliphatic hydroxyl groups is 1. The van der Waals surface area contributed by atoms with Gasteiger partial charge in [0, 0.05) is 50.4 Å². The van der Waals surface area contributed by atoms with Crippen molar-refractivity contribution in [1.29, 1.82) is 0 Å². The van der Waals surface area contributed by atoms with Gasteiger partial charge in [0.2, 0.25) is 5.95 Å². The van der Waals surface area contributed by atoms with Crippen LogP contribution in [0.5, 0.6) is 0 Å². The van der Waals surface area contributed by atoms with E-state index in [1.54, 1.807) is 11.8 Å². The number of carboxylic acid groups (broad SMARTS) is 1. The number of thiazole rings is 1. The van der Waals surface area contributed by atoms with Crippen molar-refractivity contribution in [3.63, 3.8) is 0 Å². The summed E-state index contributed by atoms with van der Waals surface area (Å²) in [7, 11) is 0. The number of aromatic carboxylic acids is 1. The summed E-state index contributed by atoms with van der Waals surface area (Å²) in [6, 6.07) is 7.59. The van der Waals surface area contributed by atoms with Crippen molar-refractivity contribution < 1.29 is 24.5 Å². The molecule has 0 atom stereocenters. The standard InChI is InChI=1S/C28H35N7O5S/c1-3-33(11-14-36)25(37)20-8-6-19(7-9-20)17-35-10-4-5-21-23(34-12-15-40-16-13-34)30-27(31-24(21)35)32-28-29-18(2)22(41-28)26(38)39/h6-9,36H,3-5,10-17H2,1-2H3,(H,38,39)(H,29,30,31,32). The molecule has 2 aliphatic heterocycles. The topological polar surface area (TPSA) is 144 Å². The second-order valence-electron chi connectivity index (χ2n) is 9.97. The molecule has 5 rings (SSSR count). The van der Waals surface area contributed by atoms with E-state index in [1.807, 2.05) is 31.2 Å². The van der Waals surface area contributed by atoms with E-state index < -0.39 is 5.97 Å². The van der Waals surface area contributed by atoms with Crippen LogP contribution < -0.4 is 15.1 Å². The van der Waals surface area contributed by atoms with Crippen LogP contribution in [0, 0.1) is 6.92 Å². The molecule has 0 aliphatic carbocycles. The molecule has 12 nitrogen and oxygen atoms in total.